The minimum absolute atomic E-state index is 0. The number of nitrogens with one attached hydrogen (secondary N) is 3. The molecule has 3 heterocycles. The van der Waals surface area contributed by atoms with Crippen LogP contribution in [0.2, 0.25) is 0 Å². The summed E-state index contributed by atoms with van der Waals surface area (Å²) in [5.74, 6) is 1.65. The van der Waals surface area contributed by atoms with E-state index in [0.717, 1.165) is 17.1 Å². The first-order valence-corrected chi connectivity index (χ1v) is 11.4. The van der Waals surface area contributed by atoms with Gasteiger partial charge in [0.25, 0.3) is 0 Å². The Morgan fingerprint density at radius 1 is 1.16 bits per heavy atom. The first-order valence-electron chi connectivity index (χ1n) is 10.00. The first-order chi connectivity index (χ1) is 14.8. The second kappa shape index (κ2) is 9.82. The van der Waals surface area contributed by atoms with E-state index in [2.05, 4.69) is 30.8 Å². The molecule has 1 fully saturated rings. The van der Waals surface area contributed by atoms with Crippen LogP contribution in [-0.4, -0.2) is 57.2 Å². The second-order valence-electron chi connectivity index (χ2n) is 7.49. The van der Waals surface area contributed by atoms with Crippen LogP contribution in [0.1, 0.15) is 24.1 Å². The molecule has 0 radical (unpaired) electrons. The van der Waals surface area contributed by atoms with Gasteiger partial charge in [-0.25, -0.2) is 13.4 Å². The zero-order valence-corrected chi connectivity index (χ0v) is 19.4. The molecule has 0 atom stereocenters. The predicted molar refractivity (Wildman–Crippen MR) is 124 cm³/mol. The molecule has 2 aromatic heterocycles. The van der Waals surface area contributed by atoms with E-state index in [1.165, 1.54) is 4.31 Å². The summed E-state index contributed by atoms with van der Waals surface area (Å²) in [6, 6.07) is 8.28. The first kappa shape index (κ1) is 23.9. The summed E-state index contributed by atoms with van der Waals surface area (Å²) in [5.41, 5.74) is 2.45. The lowest BCUT2D eigenvalue weighted by Crippen LogP contribution is -2.39. The quantitative estimate of drug-likeness (QED) is 0.423. The summed E-state index contributed by atoms with van der Waals surface area (Å²) in [6.07, 6.45) is 2.06. The molecule has 32 heavy (non-hydrogen) atoms. The number of H-pyrrole nitrogens is 1. The Kier molecular flexibility index (Phi) is 7.34. The number of piperidine rings is 1. The largest absolute Gasteiger partial charge is 0.393 e. The van der Waals surface area contributed by atoms with Crippen LogP contribution in [-0.2, 0) is 10.0 Å². The number of aromatic nitrogens is 4. The van der Waals surface area contributed by atoms with Gasteiger partial charge >= 0.3 is 0 Å². The highest BCUT2D eigenvalue weighted by atomic mass is 35.5. The van der Waals surface area contributed by atoms with Crippen molar-refractivity contribution in [2.75, 3.05) is 23.7 Å². The fourth-order valence-electron chi connectivity index (χ4n) is 3.32. The van der Waals surface area contributed by atoms with Gasteiger partial charge in [0.15, 0.2) is 0 Å². The van der Waals surface area contributed by atoms with Gasteiger partial charge in [-0.15, -0.1) is 12.4 Å². The van der Waals surface area contributed by atoms with Gasteiger partial charge in [-0.3, -0.25) is 5.10 Å². The van der Waals surface area contributed by atoms with Gasteiger partial charge in [-0.2, -0.15) is 14.4 Å². The predicted octanol–water partition coefficient (Wildman–Crippen LogP) is 2.87. The third-order valence-electron chi connectivity index (χ3n) is 5.31. The molecule has 1 saturated heterocycles. The molecule has 0 bridgehead atoms. The van der Waals surface area contributed by atoms with E-state index >= 15 is 0 Å². The molecule has 172 valence electrons. The molecule has 1 aromatic carbocycles. The number of sulfonamides is 1. The average Bonchev–Trinajstić information content (AvgIpc) is 3.07. The second-order valence-corrected chi connectivity index (χ2v) is 9.43. The van der Waals surface area contributed by atoms with Crippen LogP contribution in [0.25, 0.3) is 0 Å². The molecule has 1 aliphatic heterocycles. The van der Waals surface area contributed by atoms with Gasteiger partial charge in [-0.05, 0) is 51.0 Å². The minimum Gasteiger partial charge on any atom is -0.393 e. The summed E-state index contributed by atoms with van der Waals surface area (Å²) in [4.78, 5) is 8.84. The molecule has 1 aliphatic rings. The van der Waals surface area contributed by atoms with E-state index in [0.29, 0.717) is 43.4 Å². The van der Waals surface area contributed by atoms with Gasteiger partial charge in [0.05, 0.1) is 16.7 Å². The summed E-state index contributed by atoms with van der Waals surface area (Å²) >= 11 is 0. The van der Waals surface area contributed by atoms with Crippen LogP contribution in [0.3, 0.4) is 0 Å². The van der Waals surface area contributed by atoms with Crippen LogP contribution in [0, 0.1) is 13.8 Å². The fraction of sp³-hybridized carbons (Fsp3) is 0.350. The van der Waals surface area contributed by atoms with Crippen molar-refractivity contribution in [3.05, 3.63) is 47.8 Å². The molecule has 3 aromatic rings. The van der Waals surface area contributed by atoms with Gasteiger partial charge in [0.1, 0.15) is 11.6 Å². The van der Waals surface area contributed by atoms with E-state index in [1.807, 2.05) is 13.8 Å². The maximum absolute atomic E-state index is 13.0. The van der Waals surface area contributed by atoms with Crippen molar-refractivity contribution < 1.29 is 13.5 Å². The molecule has 0 saturated carbocycles. The van der Waals surface area contributed by atoms with Gasteiger partial charge < -0.3 is 15.7 Å². The van der Waals surface area contributed by atoms with Crippen LogP contribution < -0.4 is 10.6 Å². The van der Waals surface area contributed by atoms with Gasteiger partial charge in [0.2, 0.25) is 16.0 Å². The smallest absolute Gasteiger partial charge is 0.243 e. The number of aliphatic hydroxyl groups is 1. The third kappa shape index (κ3) is 5.18. The number of aryl methyl sites for hydroxylation is 1. The number of aromatic amines is 1. The molecule has 0 unspecified atom stereocenters. The molecule has 10 nitrogen and oxygen atoms in total. The van der Waals surface area contributed by atoms with Crippen molar-refractivity contribution in [1.82, 2.24) is 24.5 Å². The van der Waals surface area contributed by atoms with Crippen molar-refractivity contribution in [3.63, 3.8) is 0 Å². The van der Waals surface area contributed by atoms with Crippen molar-refractivity contribution in [2.24, 2.45) is 0 Å². The molecule has 0 aliphatic carbocycles. The highest BCUT2D eigenvalue weighted by Crippen LogP contribution is 2.25. The maximum Gasteiger partial charge on any atom is 0.243 e. The Morgan fingerprint density at radius 3 is 2.59 bits per heavy atom. The molecular formula is C20H26ClN7O3S. The van der Waals surface area contributed by atoms with Crippen LogP contribution in [0.4, 0.5) is 23.3 Å². The van der Waals surface area contributed by atoms with Crippen molar-refractivity contribution in [3.8, 4) is 0 Å². The Morgan fingerprint density at radius 2 is 1.91 bits per heavy atom. The lowest BCUT2D eigenvalue weighted by atomic mass is 10.1. The molecular weight excluding hydrogens is 454 g/mol. The lowest BCUT2D eigenvalue weighted by molar-refractivity contribution is 0.113. The number of anilines is 4. The standard InChI is InChI=1S/C20H25N7O3S.ClH/c1-13-14(2)25-26-19(13)23-18-6-9-21-20(24-18)22-15-4-3-5-17(12-15)31(29,30)27-10-7-16(28)8-11-27;/h3-6,9,12,16,28H,7-8,10-11H2,1-2H3,(H3,21,22,23,24,25,26);1H. The summed E-state index contributed by atoms with van der Waals surface area (Å²) < 4.78 is 27.3. The van der Waals surface area contributed by atoms with Crippen molar-refractivity contribution in [1.29, 1.82) is 0 Å². The maximum atomic E-state index is 13.0. The number of hydrogen-bond acceptors (Lipinski definition) is 8. The zero-order valence-electron chi connectivity index (χ0n) is 17.7. The Hall–Kier alpha value is -2.73. The number of rotatable bonds is 6. The van der Waals surface area contributed by atoms with Crippen LogP contribution in [0.5, 0.6) is 0 Å². The molecule has 0 amide bonds. The minimum atomic E-state index is -3.63. The van der Waals surface area contributed by atoms with Crippen LogP contribution >= 0.6 is 12.4 Å². The van der Waals surface area contributed by atoms with Gasteiger partial charge in [-0.1, -0.05) is 6.07 Å². The Balaban J connectivity index is 0.00000289. The average molecular weight is 480 g/mol. The molecule has 12 heteroatoms. The SMILES string of the molecule is Cc1n[nH]c(Nc2ccnc(Nc3cccc(S(=O)(=O)N4CCC(O)CC4)c3)n2)c1C.Cl. The van der Waals surface area contributed by atoms with E-state index in [-0.39, 0.29) is 17.3 Å². The third-order valence-corrected chi connectivity index (χ3v) is 7.21. The van der Waals surface area contributed by atoms with E-state index in [9.17, 15) is 13.5 Å². The Bertz CT molecular complexity index is 1180. The van der Waals surface area contributed by atoms with Crippen molar-refractivity contribution >= 4 is 45.7 Å². The number of hydrogen-bond donors (Lipinski definition) is 4. The summed E-state index contributed by atoms with van der Waals surface area (Å²) in [7, 11) is -3.63. The molecule has 4 rings (SSSR count). The normalized spacial score (nSPS) is 15.2. The molecule has 4 N–H and O–H groups in total. The highest BCUT2D eigenvalue weighted by Gasteiger charge is 2.28. The summed E-state index contributed by atoms with van der Waals surface area (Å²) in [6.45, 7) is 4.49. The van der Waals surface area contributed by atoms with Crippen LogP contribution in [0.15, 0.2) is 41.4 Å². The van der Waals surface area contributed by atoms with Gasteiger partial charge in [0, 0.05) is 30.5 Å². The lowest BCUT2D eigenvalue weighted by Gasteiger charge is -2.28. The number of aliphatic hydroxyl groups excluding tert-OH is 1. The fourth-order valence-corrected chi connectivity index (χ4v) is 4.84. The monoisotopic (exact) mass is 479 g/mol. The summed E-state index contributed by atoms with van der Waals surface area (Å²) in [5, 5.41) is 23.0. The topological polar surface area (TPSA) is 136 Å². The molecule has 0 spiro atoms. The highest BCUT2D eigenvalue weighted by molar-refractivity contribution is 7.89. The number of benzene rings is 1. The number of halogens is 1. The zero-order chi connectivity index (χ0) is 22.0. The Labute approximate surface area is 192 Å². The van der Waals surface area contributed by atoms with E-state index in [1.54, 1.807) is 36.5 Å². The van der Waals surface area contributed by atoms with E-state index in [4.69, 9.17) is 0 Å². The van der Waals surface area contributed by atoms with Crippen molar-refractivity contribution in [2.45, 2.75) is 37.7 Å². The van der Waals surface area contributed by atoms with E-state index < -0.39 is 16.1 Å². The number of nitrogens with zero attached hydrogens (tertiary/aromatic N) is 4.